The van der Waals surface area contributed by atoms with Gasteiger partial charge in [-0.05, 0) is 41.8 Å². The number of hydrogen-bond acceptors (Lipinski definition) is 3. The summed E-state index contributed by atoms with van der Waals surface area (Å²) < 4.78 is 5.70. The standard InChI is InChI=1S/C23H21N3O2/c1-16-7-5-6-10-21(16)28-14-22(27)26-23(17-8-3-2-4-9-17)18-11-12-19-20(13-18)25-15-24-19/h2-13,15,23H,14H2,1H3,(H,24,25)(H,26,27). The van der Waals surface area contributed by atoms with Crippen LogP contribution in [0.2, 0.25) is 0 Å². The van der Waals surface area contributed by atoms with Crippen molar-refractivity contribution >= 4 is 16.9 Å². The summed E-state index contributed by atoms with van der Waals surface area (Å²) in [6.07, 6.45) is 1.67. The van der Waals surface area contributed by atoms with Gasteiger partial charge in [-0.1, -0.05) is 54.6 Å². The highest BCUT2D eigenvalue weighted by Gasteiger charge is 2.18. The Hall–Kier alpha value is -3.60. The van der Waals surface area contributed by atoms with E-state index in [-0.39, 0.29) is 18.6 Å². The minimum absolute atomic E-state index is 0.0412. The van der Waals surface area contributed by atoms with Crippen LogP contribution in [0.3, 0.4) is 0 Å². The highest BCUT2D eigenvalue weighted by Crippen LogP contribution is 2.24. The fourth-order valence-corrected chi connectivity index (χ4v) is 3.20. The van der Waals surface area contributed by atoms with E-state index < -0.39 is 0 Å². The summed E-state index contributed by atoms with van der Waals surface area (Å²) in [6.45, 7) is 1.92. The van der Waals surface area contributed by atoms with Crippen LogP contribution in [0.25, 0.3) is 11.0 Å². The summed E-state index contributed by atoms with van der Waals surface area (Å²) in [5.74, 6) is 0.537. The zero-order valence-electron chi connectivity index (χ0n) is 15.6. The molecule has 2 N–H and O–H groups in total. The number of benzene rings is 3. The van der Waals surface area contributed by atoms with Gasteiger partial charge < -0.3 is 15.0 Å². The molecule has 4 aromatic rings. The summed E-state index contributed by atoms with van der Waals surface area (Å²) in [4.78, 5) is 20.0. The number of aromatic amines is 1. The molecule has 28 heavy (non-hydrogen) atoms. The van der Waals surface area contributed by atoms with Crippen LogP contribution in [0.4, 0.5) is 0 Å². The highest BCUT2D eigenvalue weighted by atomic mass is 16.5. The second-order valence-electron chi connectivity index (χ2n) is 6.64. The molecule has 0 radical (unpaired) electrons. The van der Waals surface area contributed by atoms with Gasteiger partial charge in [0.25, 0.3) is 5.91 Å². The van der Waals surface area contributed by atoms with Gasteiger partial charge >= 0.3 is 0 Å². The van der Waals surface area contributed by atoms with E-state index in [1.807, 2.05) is 79.7 Å². The molecule has 140 valence electrons. The molecule has 0 fully saturated rings. The lowest BCUT2D eigenvalue weighted by molar-refractivity contribution is -0.123. The number of amides is 1. The lowest BCUT2D eigenvalue weighted by Gasteiger charge is -2.20. The molecular weight excluding hydrogens is 350 g/mol. The minimum Gasteiger partial charge on any atom is -0.484 e. The zero-order valence-corrected chi connectivity index (χ0v) is 15.6. The average Bonchev–Trinajstić information content (AvgIpc) is 3.20. The molecule has 1 aromatic heterocycles. The van der Waals surface area contributed by atoms with Crippen molar-refractivity contribution in [2.24, 2.45) is 0 Å². The van der Waals surface area contributed by atoms with E-state index in [4.69, 9.17) is 4.74 Å². The van der Waals surface area contributed by atoms with Gasteiger partial charge in [0.1, 0.15) is 5.75 Å². The number of carbonyl (C=O) groups is 1. The number of nitrogens with zero attached hydrogens (tertiary/aromatic N) is 1. The first-order valence-corrected chi connectivity index (χ1v) is 9.16. The Morgan fingerprint density at radius 1 is 1.04 bits per heavy atom. The average molecular weight is 371 g/mol. The maximum Gasteiger partial charge on any atom is 0.258 e. The van der Waals surface area contributed by atoms with Gasteiger partial charge in [0.2, 0.25) is 0 Å². The number of fused-ring (bicyclic) bond motifs is 1. The van der Waals surface area contributed by atoms with E-state index >= 15 is 0 Å². The predicted octanol–water partition coefficient (Wildman–Crippen LogP) is 4.16. The lowest BCUT2D eigenvalue weighted by atomic mass is 9.98. The molecule has 5 nitrogen and oxygen atoms in total. The quantitative estimate of drug-likeness (QED) is 0.535. The van der Waals surface area contributed by atoms with Crippen LogP contribution in [0.1, 0.15) is 22.7 Å². The van der Waals surface area contributed by atoms with E-state index in [1.165, 1.54) is 0 Å². The number of para-hydroxylation sites is 1. The van der Waals surface area contributed by atoms with Crippen molar-refractivity contribution in [3.05, 3.63) is 95.8 Å². The van der Waals surface area contributed by atoms with Crippen LogP contribution in [0.15, 0.2) is 79.1 Å². The Labute approximate surface area is 163 Å². The molecular formula is C23H21N3O2. The topological polar surface area (TPSA) is 67.0 Å². The van der Waals surface area contributed by atoms with Crippen molar-refractivity contribution in [3.63, 3.8) is 0 Å². The summed E-state index contributed by atoms with van der Waals surface area (Å²) >= 11 is 0. The van der Waals surface area contributed by atoms with E-state index in [0.29, 0.717) is 5.75 Å². The molecule has 1 amide bonds. The zero-order chi connectivity index (χ0) is 19.3. The molecule has 4 rings (SSSR count). The monoisotopic (exact) mass is 371 g/mol. The Morgan fingerprint density at radius 2 is 1.82 bits per heavy atom. The first kappa shape index (κ1) is 17.8. The highest BCUT2D eigenvalue weighted by molar-refractivity contribution is 5.79. The first-order chi connectivity index (χ1) is 13.7. The molecule has 0 saturated heterocycles. The fourth-order valence-electron chi connectivity index (χ4n) is 3.20. The van der Waals surface area contributed by atoms with Gasteiger partial charge in [-0.15, -0.1) is 0 Å². The molecule has 0 aliphatic rings. The van der Waals surface area contributed by atoms with Gasteiger partial charge in [-0.25, -0.2) is 4.98 Å². The van der Waals surface area contributed by atoms with Crippen LogP contribution in [-0.2, 0) is 4.79 Å². The summed E-state index contributed by atoms with van der Waals surface area (Å²) in [5, 5.41) is 3.10. The third-order valence-corrected chi connectivity index (χ3v) is 4.67. The molecule has 0 bridgehead atoms. The van der Waals surface area contributed by atoms with E-state index in [0.717, 1.165) is 27.7 Å². The SMILES string of the molecule is Cc1ccccc1OCC(=O)NC(c1ccccc1)c1ccc2nc[nH]c2c1. The Morgan fingerprint density at radius 3 is 2.64 bits per heavy atom. The van der Waals surface area contributed by atoms with Crippen LogP contribution >= 0.6 is 0 Å². The number of rotatable bonds is 6. The van der Waals surface area contributed by atoms with Gasteiger partial charge in [0.15, 0.2) is 6.61 Å². The van der Waals surface area contributed by atoms with Crippen molar-refractivity contribution in [2.45, 2.75) is 13.0 Å². The molecule has 3 aromatic carbocycles. The molecule has 0 aliphatic heterocycles. The fraction of sp³-hybridized carbons (Fsp3) is 0.130. The number of aryl methyl sites for hydroxylation is 1. The summed E-state index contributed by atoms with van der Waals surface area (Å²) in [7, 11) is 0. The number of carbonyl (C=O) groups excluding carboxylic acids is 1. The van der Waals surface area contributed by atoms with E-state index in [2.05, 4.69) is 15.3 Å². The number of imidazole rings is 1. The van der Waals surface area contributed by atoms with Crippen molar-refractivity contribution in [1.29, 1.82) is 0 Å². The second-order valence-corrected chi connectivity index (χ2v) is 6.64. The predicted molar refractivity (Wildman–Crippen MR) is 109 cm³/mol. The van der Waals surface area contributed by atoms with Crippen molar-refractivity contribution in [3.8, 4) is 5.75 Å². The van der Waals surface area contributed by atoms with Gasteiger partial charge in [0, 0.05) is 0 Å². The third-order valence-electron chi connectivity index (χ3n) is 4.67. The van der Waals surface area contributed by atoms with Crippen LogP contribution in [0, 0.1) is 6.92 Å². The Kier molecular flexibility index (Phi) is 5.06. The molecule has 1 heterocycles. The molecule has 5 heteroatoms. The van der Waals surface area contributed by atoms with Crippen molar-refractivity contribution in [2.75, 3.05) is 6.61 Å². The normalized spacial score (nSPS) is 11.9. The van der Waals surface area contributed by atoms with E-state index in [9.17, 15) is 4.79 Å². The number of ether oxygens (including phenoxy) is 1. The smallest absolute Gasteiger partial charge is 0.258 e. The lowest BCUT2D eigenvalue weighted by Crippen LogP contribution is -2.33. The Balaban J connectivity index is 1.55. The van der Waals surface area contributed by atoms with Crippen LogP contribution in [-0.4, -0.2) is 22.5 Å². The number of aromatic nitrogens is 2. The Bertz CT molecular complexity index is 1090. The van der Waals surface area contributed by atoms with Gasteiger partial charge in [-0.2, -0.15) is 0 Å². The van der Waals surface area contributed by atoms with Crippen molar-refractivity contribution in [1.82, 2.24) is 15.3 Å². The maximum absolute atomic E-state index is 12.6. The molecule has 1 unspecified atom stereocenters. The maximum atomic E-state index is 12.6. The van der Waals surface area contributed by atoms with Gasteiger partial charge in [0.05, 0.1) is 23.4 Å². The molecule has 0 spiro atoms. The van der Waals surface area contributed by atoms with Crippen LogP contribution in [0.5, 0.6) is 5.75 Å². The molecule has 0 saturated carbocycles. The van der Waals surface area contributed by atoms with Crippen molar-refractivity contribution < 1.29 is 9.53 Å². The molecule has 1 atom stereocenters. The third kappa shape index (κ3) is 3.88. The summed E-state index contributed by atoms with van der Waals surface area (Å²) in [5.41, 5.74) is 4.81. The van der Waals surface area contributed by atoms with E-state index in [1.54, 1.807) is 6.33 Å². The largest absolute Gasteiger partial charge is 0.484 e. The minimum atomic E-state index is -0.276. The second kappa shape index (κ2) is 7.96. The first-order valence-electron chi connectivity index (χ1n) is 9.16. The van der Waals surface area contributed by atoms with Gasteiger partial charge in [-0.3, -0.25) is 4.79 Å². The number of hydrogen-bond donors (Lipinski definition) is 2. The summed E-state index contributed by atoms with van der Waals surface area (Å²) in [6, 6.07) is 23.2. The number of H-pyrrole nitrogens is 1. The van der Waals surface area contributed by atoms with Crippen LogP contribution < -0.4 is 10.1 Å². The number of nitrogens with one attached hydrogen (secondary N) is 2. The molecule has 0 aliphatic carbocycles.